The van der Waals surface area contributed by atoms with Gasteiger partial charge >= 0.3 is 0 Å². The van der Waals surface area contributed by atoms with Crippen LogP contribution >= 0.6 is 0 Å². The summed E-state index contributed by atoms with van der Waals surface area (Å²) in [5.41, 5.74) is 6.64. The molecule has 0 spiro atoms. The fraction of sp³-hybridized carbons (Fsp3) is 0.600. The molecule has 2 N–H and O–H groups in total. The molecule has 19 heavy (non-hydrogen) atoms. The van der Waals surface area contributed by atoms with Gasteiger partial charge in [0.05, 0.1) is 0 Å². The van der Waals surface area contributed by atoms with E-state index in [1.54, 1.807) is 0 Å². The van der Waals surface area contributed by atoms with Crippen molar-refractivity contribution in [1.82, 2.24) is 4.90 Å². The highest BCUT2D eigenvalue weighted by Gasteiger charge is 2.31. The Labute approximate surface area is 114 Å². The van der Waals surface area contributed by atoms with Crippen LogP contribution in [-0.4, -0.2) is 29.6 Å². The van der Waals surface area contributed by atoms with Crippen LogP contribution in [0.3, 0.4) is 0 Å². The lowest BCUT2D eigenvalue weighted by Crippen LogP contribution is -2.56. The molecule has 0 saturated carbocycles. The fourth-order valence-electron chi connectivity index (χ4n) is 2.51. The number of nitrogens with zero attached hydrogens (tertiary/aromatic N) is 1. The van der Waals surface area contributed by atoms with Crippen molar-refractivity contribution < 1.29 is 8.78 Å². The maximum Gasteiger partial charge on any atom is 0.126 e. The van der Waals surface area contributed by atoms with Gasteiger partial charge in [0.2, 0.25) is 0 Å². The van der Waals surface area contributed by atoms with Crippen LogP contribution in [0.2, 0.25) is 0 Å². The van der Waals surface area contributed by atoms with Crippen LogP contribution in [0.1, 0.15) is 33.3 Å². The monoisotopic (exact) mass is 270 g/mol. The third-order valence-corrected chi connectivity index (χ3v) is 3.86. The second-order valence-electron chi connectivity index (χ2n) is 5.41. The van der Waals surface area contributed by atoms with E-state index in [0.717, 1.165) is 19.2 Å². The Bertz CT molecular complexity index is 394. The maximum atomic E-state index is 13.2. The molecule has 1 unspecified atom stereocenters. The van der Waals surface area contributed by atoms with Gasteiger partial charge in [-0.2, -0.15) is 0 Å². The molecular weight excluding hydrogens is 246 g/mol. The first kappa shape index (κ1) is 16.1. The Morgan fingerprint density at radius 3 is 2.00 bits per heavy atom. The molecule has 2 nitrogen and oxygen atoms in total. The Morgan fingerprint density at radius 1 is 1.11 bits per heavy atom. The highest BCUT2D eigenvalue weighted by Crippen LogP contribution is 2.21. The first-order chi connectivity index (χ1) is 8.81. The smallest absolute Gasteiger partial charge is 0.126 e. The van der Waals surface area contributed by atoms with E-state index in [0.29, 0.717) is 12.0 Å². The SMILES string of the molecule is CCN(CC)C(C)(C)C(N)Cc1cc(F)cc(F)c1. The van der Waals surface area contributed by atoms with E-state index in [4.69, 9.17) is 5.73 Å². The Kier molecular flexibility index (Phi) is 5.44. The van der Waals surface area contributed by atoms with Gasteiger partial charge in [-0.25, -0.2) is 8.78 Å². The predicted molar refractivity (Wildman–Crippen MR) is 75.0 cm³/mol. The third-order valence-electron chi connectivity index (χ3n) is 3.86. The molecule has 0 bridgehead atoms. The summed E-state index contributed by atoms with van der Waals surface area (Å²) < 4.78 is 26.3. The molecule has 1 rings (SSSR count). The standard InChI is InChI=1S/C15H24F2N2/c1-5-19(6-2)15(3,4)14(18)9-11-7-12(16)10-13(17)8-11/h7-8,10,14H,5-6,9,18H2,1-4H3. The maximum absolute atomic E-state index is 13.2. The summed E-state index contributed by atoms with van der Waals surface area (Å²) in [4.78, 5) is 2.26. The van der Waals surface area contributed by atoms with E-state index in [2.05, 4.69) is 32.6 Å². The summed E-state index contributed by atoms with van der Waals surface area (Å²) in [7, 11) is 0. The Hall–Kier alpha value is -1.00. The summed E-state index contributed by atoms with van der Waals surface area (Å²) in [6.45, 7) is 10.1. The highest BCUT2D eigenvalue weighted by molar-refractivity contribution is 5.20. The molecule has 0 heterocycles. The Balaban J connectivity index is 2.86. The van der Waals surface area contributed by atoms with Crippen molar-refractivity contribution in [2.24, 2.45) is 5.73 Å². The molecule has 0 aromatic heterocycles. The summed E-state index contributed by atoms with van der Waals surface area (Å²) in [6, 6.07) is 3.39. The van der Waals surface area contributed by atoms with Gasteiger partial charge in [0.25, 0.3) is 0 Å². The van der Waals surface area contributed by atoms with Gasteiger partial charge in [-0.1, -0.05) is 13.8 Å². The zero-order valence-corrected chi connectivity index (χ0v) is 12.2. The van der Waals surface area contributed by atoms with Gasteiger partial charge in [-0.15, -0.1) is 0 Å². The zero-order valence-electron chi connectivity index (χ0n) is 12.2. The number of nitrogens with two attached hydrogens (primary N) is 1. The van der Waals surface area contributed by atoms with Crippen LogP contribution in [0, 0.1) is 11.6 Å². The lowest BCUT2D eigenvalue weighted by molar-refractivity contribution is 0.106. The molecule has 0 radical (unpaired) electrons. The zero-order chi connectivity index (χ0) is 14.6. The number of benzene rings is 1. The average molecular weight is 270 g/mol. The number of rotatable bonds is 6. The minimum atomic E-state index is -0.553. The van der Waals surface area contributed by atoms with Crippen LogP contribution < -0.4 is 5.73 Å². The molecule has 0 aliphatic carbocycles. The first-order valence-electron chi connectivity index (χ1n) is 6.76. The fourth-order valence-corrected chi connectivity index (χ4v) is 2.51. The molecule has 0 saturated heterocycles. The third kappa shape index (κ3) is 3.98. The van der Waals surface area contributed by atoms with Crippen molar-refractivity contribution in [3.8, 4) is 0 Å². The van der Waals surface area contributed by atoms with Crippen molar-refractivity contribution in [3.05, 3.63) is 35.4 Å². The second-order valence-corrected chi connectivity index (χ2v) is 5.41. The number of halogens is 2. The van der Waals surface area contributed by atoms with Crippen LogP contribution in [0.25, 0.3) is 0 Å². The molecular formula is C15H24F2N2. The molecule has 1 aromatic rings. The molecule has 0 aliphatic heterocycles. The summed E-state index contributed by atoms with van der Waals surface area (Å²) in [5.74, 6) is -1.11. The predicted octanol–water partition coefficient (Wildman–Crippen LogP) is 2.96. The van der Waals surface area contributed by atoms with Crippen LogP contribution in [-0.2, 0) is 6.42 Å². The van der Waals surface area contributed by atoms with Crippen LogP contribution in [0.4, 0.5) is 8.78 Å². The quantitative estimate of drug-likeness (QED) is 0.861. The first-order valence-corrected chi connectivity index (χ1v) is 6.76. The van der Waals surface area contributed by atoms with Crippen molar-refractivity contribution in [3.63, 3.8) is 0 Å². The van der Waals surface area contributed by atoms with Gasteiger partial charge in [0.15, 0.2) is 0 Å². The van der Waals surface area contributed by atoms with E-state index in [1.165, 1.54) is 12.1 Å². The summed E-state index contributed by atoms with van der Waals surface area (Å²) in [5, 5.41) is 0. The minimum absolute atomic E-state index is 0.186. The lowest BCUT2D eigenvalue weighted by Gasteiger charge is -2.42. The van der Waals surface area contributed by atoms with E-state index >= 15 is 0 Å². The number of hydrogen-bond donors (Lipinski definition) is 1. The van der Waals surface area contributed by atoms with Crippen molar-refractivity contribution in [2.45, 2.75) is 45.7 Å². The van der Waals surface area contributed by atoms with Crippen molar-refractivity contribution >= 4 is 0 Å². The molecule has 0 fully saturated rings. The van der Waals surface area contributed by atoms with E-state index in [9.17, 15) is 8.78 Å². The number of likely N-dealkylation sites (N-methyl/N-ethyl adjacent to an activating group) is 1. The van der Waals surface area contributed by atoms with E-state index < -0.39 is 11.6 Å². The van der Waals surface area contributed by atoms with Gasteiger partial charge in [0, 0.05) is 17.6 Å². The van der Waals surface area contributed by atoms with Gasteiger partial charge in [-0.3, -0.25) is 4.90 Å². The lowest BCUT2D eigenvalue weighted by atomic mass is 9.88. The number of hydrogen-bond acceptors (Lipinski definition) is 2. The van der Waals surface area contributed by atoms with E-state index in [1.807, 2.05) is 0 Å². The minimum Gasteiger partial charge on any atom is -0.326 e. The second kappa shape index (κ2) is 6.44. The van der Waals surface area contributed by atoms with Gasteiger partial charge in [0.1, 0.15) is 11.6 Å². The summed E-state index contributed by atoms with van der Waals surface area (Å²) >= 11 is 0. The van der Waals surface area contributed by atoms with Crippen molar-refractivity contribution in [2.75, 3.05) is 13.1 Å². The molecule has 108 valence electrons. The molecule has 4 heteroatoms. The van der Waals surface area contributed by atoms with E-state index in [-0.39, 0.29) is 11.6 Å². The van der Waals surface area contributed by atoms with Crippen LogP contribution in [0.15, 0.2) is 18.2 Å². The topological polar surface area (TPSA) is 29.3 Å². The largest absolute Gasteiger partial charge is 0.326 e. The van der Waals surface area contributed by atoms with Gasteiger partial charge < -0.3 is 5.73 Å². The average Bonchev–Trinajstić information content (AvgIpc) is 2.28. The summed E-state index contributed by atoms with van der Waals surface area (Å²) in [6.07, 6.45) is 0.457. The molecule has 0 aliphatic rings. The normalized spacial score (nSPS) is 13.9. The van der Waals surface area contributed by atoms with Crippen LogP contribution in [0.5, 0.6) is 0 Å². The molecule has 0 amide bonds. The van der Waals surface area contributed by atoms with Gasteiger partial charge in [-0.05, 0) is 51.1 Å². The van der Waals surface area contributed by atoms with Crippen molar-refractivity contribution in [1.29, 1.82) is 0 Å². The molecule has 1 atom stereocenters. The highest BCUT2D eigenvalue weighted by atomic mass is 19.1. The molecule has 1 aromatic carbocycles. The Morgan fingerprint density at radius 2 is 1.58 bits per heavy atom.